The highest BCUT2D eigenvalue weighted by atomic mass is 16.6. The molecule has 0 spiro atoms. The maximum atomic E-state index is 13.2. The zero-order valence-electron chi connectivity index (χ0n) is 26.8. The standard InChI is InChI=1S/C30H45N7O9/c1-17(2)25(34-19(5)38)27(41)36-23(7-6-14-33-29(32)43)26(40)35-21-10-8-20(9-11-21)16-45-30(44)37-24(13-12-22(39)15-31)28(42)46-18(3)4/h8-11,15,17-18,23-25,31H,6-7,12-14,16H2,1-5H3,(H,34,38)(H,35,40)(H,36,41)(H,37,44)(H3,32,33,43)/t23-,24?,25-/m0/s1. The van der Waals surface area contributed by atoms with Crippen LogP contribution in [0.15, 0.2) is 24.3 Å². The molecule has 1 rings (SSSR count). The van der Waals surface area contributed by atoms with Gasteiger partial charge in [0, 0.05) is 25.6 Å². The summed E-state index contributed by atoms with van der Waals surface area (Å²) in [5.41, 5.74) is 6.01. The van der Waals surface area contributed by atoms with E-state index < -0.39 is 65.8 Å². The second-order valence-corrected chi connectivity index (χ2v) is 11.0. The van der Waals surface area contributed by atoms with Gasteiger partial charge in [-0.1, -0.05) is 26.0 Å². The first-order valence-electron chi connectivity index (χ1n) is 14.8. The molecule has 254 valence electrons. The lowest BCUT2D eigenvalue weighted by atomic mass is 10.0. The smallest absolute Gasteiger partial charge is 0.408 e. The number of benzene rings is 1. The predicted molar refractivity (Wildman–Crippen MR) is 168 cm³/mol. The first kappa shape index (κ1) is 39.0. The maximum absolute atomic E-state index is 13.2. The summed E-state index contributed by atoms with van der Waals surface area (Å²) in [6.45, 7) is 8.06. The molecule has 16 heteroatoms. The van der Waals surface area contributed by atoms with Gasteiger partial charge in [-0.25, -0.2) is 14.4 Å². The largest absolute Gasteiger partial charge is 0.461 e. The highest BCUT2D eigenvalue weighted by Gasteiger charge is 2.28. The van der Waals surface area contributed by atoms with Crippen molar-refractivity contribution in [1.82, 2.24) is 21.3 Å². The molecular formula is C30H45N7O9. The number of hydrogen-bond acceptors (Lipinski definition) is 10. The molecule has 0 heterocycles. The highest BCUT2D eigenvalue weighted by Crippen LogP contribution is 2.13. The number of nitrogens with one attached hydrogen (secondary N) is 6. The van der Waals surface area contributed by atoms with Gasteiger partial charge in [-0.2, -0.15) is 0 Å². The molecule has 1 unspecified atom stereocenters. The molecule has 0 aliphatic rings. The Morgan fingerprint density at radius 2 is 1.54 bits per heavy atom. The first-order chi connectivity index (χ1) is 21.6. The number of carbonyl (C=O) groups is 7. The van der Waals surface area contributed by atoms with Crippen molar-refractivity contribution in [2.75, 3.05) is 11.9 Å². The molecule has 0 radical (unpaired) electrons. The molecule has 8 N–H and O–H groups in total. The number of urea groups is 1. The van der Waals surface area contributed by atoms with Crippen LogP contribution in [-0.4, -0.2) is 78.6 Å². The Kier molecular flexibility index (Phi) is 17.0. The molecule has 3 atom stereocenters. The fourth-order valence-electron chi connectivity index (χ4n) is 3.97. The zero-order chi connectivity index (χ0) is 34.8. The van der Waals surface area contributed by atoms with Crippen molar-refractivity contribution in [2.45, 2.75) is 91.1 Å². The molecule has 1 aromatic rings. The Morgan fingerprint density at radius 1 is 0.891 bits per heavy atom. The third kappa shape index (κ3) is 15.6. The van der Waals surface area contributed by atoms with E-state index in [0.717, 1.165) is 0 Å². The van der Waals surface area contributed by atoms with Crippen molar-refractivity contribution in [3.8, 4) is 0 Å². The topological polar surface area (TPSA) is 248 Å². The number of alkyl carbamates (subject to hydrolysis) is 1. The molecule has 1 aromatic carbocycles. The van der Waals surface area contributed by atoms with Crippen LogP contribution in [0.5, 0.6) is 0 Å². The van der Waals surface area contributed by atoms with Gasteiger partial charge in [0.05, 0.1) is 12.3 Å². The van der Waals surface area contributed by atoms with E-state index >= 15 is 0 Å². The quantitative estimate of drug-likeness (QED) is 0.0648. The molecule has 46 heavy (non-hydrogen) atoms. The lowest BCUT2D eigenvalue weighted by molar-refractivity contribution is -0.150. The van der Waals surface area contributed by atoms with Crippen molar-refractivity contribution in [3.63, 3.8) is 0 Å². The summed E-state index contributed by atoms with van der Waals surface area (Å²) in [7, 11) is 0. The van der Waals surface area contributed by atoms with Gasteiger partial charge in [-0.3, -0.25) is 19.2 Å². The van der Waals surface area contributed by atoms with Gasteiger partial charge >= 0.3 is 18.1 Å². The Balaban J connectivity index is 2.86. The number of carbonyl (C=O) groups excluding carboxylic acids is 7. The zero-order valence-corrected chi connectivity index (χ0v) is 26.8. The van der Waals surface area contributed by atoms with E-state index in [1.807, 2.05) is 0 Å². The summed E-state index contributed by atoms with van der Waals surface area (Å²) in [6.07, 6.45) is -0.474. The van der Waals surface area contributed by atoms with E-state index in [-0.39, 0.29) is 38.3 Å². The van der Waals surface area contributed by atoms with Crippen molar-refractivity contribution in [3.05, 3.63) is 29.8 Å². The van der Waals surface area contributed by atoms with Crippen LogP contribution in [-0.2, 0) is 40.1 Å². The molecule has 0 aliphatic carbocycles. The monoisotopic (exact) mass is 647 g/mol. The number of primary amides is 1. The van der Waals surface area contributed by atoms with Crippen LogP contribution < -0.4 is 32.3 Å². The summed E-state index contributed by atoms with van der Waals surface area (Å²) in [4.78, 5) is 84.9. The van der Waals surface area contributed by atoms with Crippen molar-refractivity contribution >= 4 is 53.5 Å². The Bertz CT molecular complexity index is 1240. The van der Waals surface area contributed by atoms with Crippen LogP contribution in [0, 0.1) is 11.3 Å². The number of esters is 1. The summed E-state index contributed by atoms with van der Waals surface area (Å²) in [5, 5.41) is 19.8. The van der Waals surface area contributed by atoms with Crippen molar-refractivity contribution in [2.24, 2.45) is 11.7 Å². The fraction of sp³-hybridized carbons (Fsp3) is 0.533. The second-order valence-electron chi connectivity index (χ2n) is 11.0. The molecule has 0 saturated heterocycles. The number of rotatable bonds is 19. The van der Waals surface area contributed by atoms with Crippen molar-refractivity contribution in [1.29, 1.82) is 5.41 Å². The number of ether oxygens (including phenoxy) is 2. The van der Waals surface area contributed by atoms with Crippen LogP contribution in [0.1, 0.15) is 65.9 Å². The van der Waals surface area contributed by atoms with Gasteiger partial charge < -0.3 is 47.2 Å². The normalized spacial score (nSPS) is 12.6. The minimum atomic E-state index is -1.15. The molecule has 0 aliphatic heterocycles. The number of nitrogens with two attached hydrogens (primary N) is 1. The average Bonchev–Trinajstić information content (AvgIpc) is 2.97. The van der Waals surface area contributed by atoms with Crippen LogP contribution in [0.25, 0.3) is 0 Å². The number of Topliss-reactive ketones (excluding diaryl/α,β-unsaturated/α-hetero) is 1. The van der Waals surface area contributed by atoms with Gasteiger partial charge in [0.25, 0.3) is 0 Å². The van der Waals surface area contributed by atoms with Gasteiger partial charge in [0.1, 0.15) is 24.7 Å². The SMILES string of the molecule is CC(=O)N[C@H](C(=O)N[C@@H](CCCNC(N)=O)C(=O)Nc1ccc(COC(=O)NC(CCC(=O)C=N)C(=O)OC(C)C)cc1)C(C)C. The van der Waals surface area contributed by atoms with E-state index in [2.05, 4.69) is 26.6 Å². The Labute approximate surface area is 267 Å². The van der Waals surface area contributed by atoms with Gasteiger partial charge in [0.15, 0.2) is 5.78 Å². The molecule has 16 nitrogen and oxygen atoms in total. The first-order valence-corrected chi connectivity index (χ1v) is 14.8. The second kappa shape index (κ2) is 20.1. The number of hydrogen-bond donors (Lipinski definition) is 7. The molecule has 0 saturated carbocycles. The van der Waals surface area contributed by atoms with Crippen molar-refractivity contribution < 1.29 is 43.0 Å². The van der Waals surface area contributed by atoms with Gasteiger partial charge in [0.2, 0.25) is 17.7 Å². The fourth-order valence-corrected chi connectivity index (χ4v) is 3.97. The van der Waals surface area contributed by atoms with E-state index in [9.17, 15) is 33.6 Å². The van der Waals surface area contributed by atoms with Gasteiger partial charge in [-0.05, 0) is 56.7 Å². The van der Waals surface area contributed by atoms with E-state index in [4.69, 9.17) is 20.6 Å². The molecule has 0 fully saturated rings. The Hall–Kier alpha value is -5.02. The molecule has 6 amide bonds. The third-order valence-corrected chi connectivity index (χ3v) is 6.27. The average molecular weight is 648 g/mol. The highest BCUT2D eigenvalue weighted by molar-refractivity contribution is 6.26. The Morgan fingerprint density at radius 3 is 2.09 bits per heavy atom. The lowest BCUT2D eigenvalue weighted by Crippen LogP contribution is -2.54. The third-order valence-electron chi connectivity index (χ3n) is 6.27. The lowest BCUT2D eigenvalue weighted by Gasteiger charge is -2.25. The van der Waals surface area contributed by atoms with E-state index in [0.29, 0.717) is 23.9 Å². The molecular weight excluding hydrogens is 602 g/mol. The number of ketones is 1. The summed E-state index contributed by atoms with van der Waals surface area (Å²) < 4.78 is 10.3. The maximum Gasteiger partial charge on any atom is 0.408 e. The van der Waals surface area contributed by atoms with Crippen LogP contribution in [0.3, 0.4) is 0 Å². The van der Waals surface area contributed by atoms with Crippen LogP contribution in [0.4, 0.5) is 15.3 Å². The number of amides is 6. The van der Waals surface area contributed by atoms with E-state index in [1.54, 1.807) is 52.0 Å². The summed E-state index contributed by atoms with van der Waals surface area (Å²) >= 11 is 0. The predicted octanol–water partition coefficient (Wildman–Crippen LogP) is 1.26. The minimum absolute atomic E-state index is 0.0717. The van der Waals surface area contributed by atoms with Crippen LogP contribution in [0.2, 0.25) is 0 Å². The minimum Gasteiger partial charge on any atom is -0.461 e. The molecule has 0 aromatic heterocycles. The molecule has 0 bridgehead atoms. The summed E-state index contributed by atoms with van der Waals surface area (Å²) in [6, 6.07) is 2.55. The summed E-state index contributed by atoms with van der Waals surface area (Å²) in [5.74, 6) is -2.98. The van der Waals surface area contributed by atoms with Crippen LogP contribution >= 0.6 is 0 Å². The number of anilines is 1. The van der Waals surface area contributed by atoms with Gasteiger partial charge in [-0.15, -0.1) is 0 Å². The van der Waals surface area contributed by atoms with E-state index in [1.165, 1.54) is 6.92 Å².